The van der Waals surface area contributed by atoms with Crippen LogP contribution in [0.1, 0.15) is 22.8 Å². The Morgan fingerprint density at radius 3 is 2.58 bits per heavy atom. The van der Waals surface area contributed by atoms with Gasteiger partial charge in [0.2, 0.25) is 0 Å². The molecule has 1 N–H and O–H groups in total. The number of carbonyl (C=O) groups excluding carboxylic acids is 2. The van der Waals surface area contributed by atoms with Crippen molar-refractivity contribution in [2.75, 3.05) is 6.26 Å². The number of benzene rings is 2. The number of hydrogen-bond acceptors (Lipinski definition) is 4. The zero-order valence-corrected chi connectivity index (χ0v) is 15.0. The molecule has 0 aliphatic carbocycles. The second-order valence-electron chi connectivity index (χ2n) is 5.10. The Kier molecular flexibility index (Phi) is 6.70. The van der Waals surface area contributed by atoms with Crippen molar-refractivity contribution in [3.05, 3.63) is 64.7 Å². The summed E-state index contributed by atoms with van der Waals surface area (Å²) in [7, 11) is 0. The summed E-state index contributed by atoms with van der Waals surface area (Å²) in [5, 5.41) is 3.04. The van der Waals surface area contributed by atoms with Crippen LogP contribution in [0.3, 0.4) is 0 Å². The molecule has 0 aromatic heterocycles. The van der Waals surface area contributed by atoms with E-state index in [9.17, 15) is 9.59 Å². The number of rotatable bonds is 6. The molecule has 0 bridgehead atoms. The Morgan fingerprint density at radius 2 is 1.92 bits per heavy atom. The van der Waals surface area contributed by atoms with Gasteiger partial charge >= 0.3 is 5.97 Å². The van der Waals surface area contributed by atoms with Crippen LogP contribution < -0.4 is 5.32 Å². The predicted octanol–water partition coefficient (Wildman–Crippen LogP) is 3.92. The van der Waals surface area contributed by atoms with Crippen LogP contribution in [0.25, 0.3) is 0 Å². The summed E-state index contributed by atoms with van der Waals surface area (Å²) in [6.07, 6.45) is 0.994. The number of ether oxygens (including phenoxy) is 1. The minimum atomic E-state index is -0.907. The second-order valence-corrected chi connectivity index (χ2v) is 6.38. The van der Waals surface area contributed by atoms with Crippen LogP contribution >= 0.6 is 23.4 Å². The number of carbonyl (C=O) groups is 2. The van der Waals surface area contributed by atoms with E-state index in [4.69, 9.17) is 16.3 Å². The summed E-state index contributed by atoms with van der Waals surface area (Å²) < 4.78 is 5.22. The molecule has 1 atom stereocenters. The third-order valence-corrected chi connectivity index (χ3v) is 4.41. The lowest BCUT2D eigenvalue weighted by atomic mass is 10.2. The lowest BCUT2D eigenvalue weighted by Gasteiger charge is -2.14. The van der Waals surface area contributed by atoms with Crippen molar-refractivity contribution in [3.8, 4) is 0 Å². The molecule has 0 heterocycles. The highest BCUT2D eigenvalue weighted by molar-refractivity contribution is 7.98. The second kappa shape index (κ2) is 8.76. The number of halogens is 1. The van der Waals surface area contributed by atoms with E-state index in [0.717, 1.165) is 10.5 Å². The van der Waals surface area contributed by atoms with E-state index in [-0.39, 0.29) is 11.5 Å². The molecule has 0 unspecified atom stereocenters. The van der Waals surface area contributed by atoms with Gasteiger partial charge in [-0.3, -0.25) is 4.79 Å². The van der Waals surface area contributed by atoms with Gasteiger partial charge in [0.05, 0.1) is 10.6 Å². The standard InChI is InChI=1S/C18H18ClNO3S/c1-12(17(21)20-11-13-6-4-3-5-7-13)23-18(22)15-10-14(24-2)8-9-16(15)19/h3-10,12H,11H2,1-2H3,(H,20,21)/t12-/m0/s1. The van der Waals surface area contributed by atoms with Gasteiger partial charge < -0.3 is 10.1 Å². The van der Waals surface area contributed by atoms with Gasteiger partial charge in [-0.05, 0) is 36.9 Å². The Balaban J connectivity index is 1.94. The molecular formula is C18H18ClNO3S. The molecule has 2 rings (SSSR count). The van der Waals surface area contributed by atoms with Gasteiger partial charge in [0.15, 0.2) is 6.10 Å². The van der Waals surface area contributed by atoms with Crippen molar-refractivity contribution in [3.63, 3.8) is 0 Å². The van der Waals surface area contributed by atoms with E-state index in [1.165, 1.54) is 18.7 Å². The summed E-state index contributed by atoms with van der Waals surface area (Å²) in [6, 6.07) is 14.6. The van der Waals surface area contributed by atoms with Gasteiger partial charge in [-0.15, -0.1) is 11.8 Å². The topological polar surface area (TPSA) is 55.4 Å². The molecule has 6 heteroatoms. The van der Waals surface area contributed by atoms with E-state index in [1.807, 2.05) is 42.7 Å². The first kappa shape index (κ1) is 18.4. The van der Waals surface area contributed by atoms with Crippen LogP contribution in [0, 0.1) is 0 Å². The molecule has 0 aliphatic rings. The van der Waals surface area contributed by atoms with Crippen LogP contribution in [0.5, 0.6) is 0 Å². The number of hydrogen-bond donors (Lipinski definition) is 1. The molecule has 126 valence electrons. The highest BCUT2D eigenvalue weighted by Gasteiger charge is 2.20. The maximum absolute atomic E-state index is 12.2. The van der Waals surface area contributed by atoms with Gasteiger partial charge in [0.25, 0.3) is 5.91 Å². The molecular weight excluding hydrogens is 346 g/mol. The van der Waals surface area contributed by atoms with Gasteiger partial charge in [-0.25, -0.2) is 4.79 Å². The Morgan fingerprint density at radius 1 is 1.21 bits per heavy atom. The molecule has 0 fully saturated rings. The van der Waals surface area contributed by atoms with E-state index < -0.39 is 12.1 Å². The van der Waals surface area contributed by atoms with E-state index in [2.05, 4.69) is 5.32 Å². The molecule has 2 aromatic carbocycles. The fraction of sp³-hybridized carbons (Fsp3) is 0.222. The first-order valence-corrected chi connectivity index (χ1v) is 8.97. The molecule has 24 heavy (non-hydrogen) atoms. The number of nitrogens with one attached hydrogen (secondary N) is 1. The van der Waals surface area contributed by atoms with Crippen LogP contribution in [-0.4, -0.2) is 24.2 Å². The van der Waals surface area contributed by atoms with Crippen LogP contribution in [0.2, 0.25) is 5.02 Å². The molecule has 0 aliphatic heterocycles. The van der Waals surface area contributed by atoms with Crippen molar-refractivity contribution in [2.24, 2.45) is 0 Å². The highest BCUT2D eigenvalue weighted by Crippen LogP contribution is 2.24. The molecule has 4 nitrogen and oxygen atoms in total. The maximum Gasteiger partial charge on any atom is 0.340 e. The van der Waals surface area contributed by atoms with Crippen LogP contribution in [0.4, 0.5) is 0 Å². The van der Waals surface area contributed by atoms with Crippen molar-refractivity contribution < 1.29 is 14.3 Å². The Hall–Kier alpha value is -1.98. The largest absolute Gasteiger partial charge is 0.449 e. The van der Waals surface area contributed by atoms with Crippen molar-refractivity contribution in [1.29, 1.82) is 0 Å². The molecule has 2 aromatic rings. The fourth-order valence-electron chi connectivity index (χ4n) is 1.99. The summed E-state index contributed by atoms with van der Waals surface area (Å²) in [6.45, 7) is 1.91. The summed E-state index contributed by atoms with van der Waals surface area (Å²) in [5.41, 5.74) is 1.23. The lowest BCUT2D eigenvalue weighted by molar-refractivity contribution is -0.129. The average molecular weight is 364 g/mol. The minimum Gasteiger partial charge on any atom is -0.449 e. The predicted molar refractivity (Wildman–Crippen MR) is 96.4 cm³/mol. The van der Waals surface area contributed by atoms with Gasteiger partial charge in [-0.2, -0.15) is 0 Å². The fourth-order valence-corrected chi connectivity index (χ4v) is 2.63. The smallest absolute Gasteiger partial charge is 0.340 e. The van der Waals surface area contributed by atoms with Crippen molar-refractivity contribution in [2.45, 2.75) is 24.5 Å². The number of thioether (sulfide) groups is 1. The molecule has 0 saturated heterocycles. The Bertz CT molecular complexity index is 721. The normalized spacial score (nSPS) is 11.6. The molecule has 0 saturated carbocycles. The summed E-state index contributed by atoms with van der Waals surface area (Å²) in [5.74, 6) is -0.970. The van der Waals surface area contributed by atoms with Crippen LogP contribution in [0.15, 0.2) is 53.4 Å². The molecule has 0 radical (unpaired) electrons. The number of amides is 1. The van der Waals surface area contributed by atoms with E-state index in [0.29, 0.717) is 11.6 Å². The summed E-state index contributed by atoms with van der Waals surface area (Å²) in [4.78, 5) is 25.2. The molecule has 1 amide bonds. The Labute approximate surface area is 150 Å². The summed E-state index contributed by atoms with van der Waals surface area (Å²) >= 11 is 7.54. The SMILES string of the molecule is CSc1ccc(Cl)c(C(=O)O[C@@H](C)C(=O)NCc2ccccc2)c1. The lowest BCUT2D eigenvalue weighted by Crippen LogP contribution is -2.35. The zero-order chi connectivity index (χ0) is 17.5. The van der Waals surface area contributed by atoms with Gasteiger partial charge in [-0.1, -0.05) is 41.9 Å². The maximum atomic E-state index is 12.2. The average Bonchev–Trinajstić information content (AvgIpc) is 2.60. The molecule has 0 spiro atoms. The minimum absolute atomic E-state index is 0.256. The third-order valence-electron chi connectivity index (χ3n) is 3.36. The van der Waals surface area contributed by atoms with E-state index >= 15 is 0 Å². The van der Waals surface area contributed by atoms with E-state index in [1.54, 1.807) is 12.1 Å². The number of esters is 1. The van der Waals surface area contributed by atoms with Crippen molar-refractivity contribution in [1.82, 2.24) is 5.32 Å². The van der Waals surface area contributed by atoms with Gasteiger partial charge in [0.1, 0.15) is 0 Å². The highest BCUT2D eigenvalue weighted by atomic mass is 35.5. The zero-order valence-electron chi connectivity index (χ0n) is 13.4. The first-order chi connectivity index (χ1) is 11.5. The van der Waals surface area contributed by atoms with Gasteiger partial charge in [0, 0.05) is 11.4 Å². The van der Waals surface area contributed by atoms with Crippen molar-refractivity contribution >= 4 is 35.2 Å². The third kappa shape index (κ3) is 5.01. The first-order valence-electron chi connectivity index (χ1n) is 7.37. The monoisotopic (exact) mass is 363 g/mol. The van der Waals surface area contributed by atoms with Crippen LogP contribution in [-0.2, 0) is 16.1 Å². The quantitative estimate of drug-likeness (QED) is 0.624.